The Morgan fingerprint density at radius 3 is 2.77 bits per heavy atom. The molecule has 4 heterocycles. The molecule has 1 unspecified atom stereocenters. The first-order valence-electron chi connectivity index (χ1n) is 13.1. The molecule has 2 atom stereocenters. The number of rotatable bonds is 9. The van der Waals surface area contributed by atoms with Crippen molar-refractivity contribution in [1.82, 2.24) is 29.2 Å². The number of aromatic nitrogens is 5. The number of piperidine rings is 1. The van der Waals surface area contributed by atoms with E-state index in [2.05, 4.69) is 20.0 Å². The first-order chi connectivity index (χ1) is 18.8. The highest BCUT2D eigenvalue weighted by Gasteiger charge is 2.41. The molecule has 1 aliphatic carbocycles. The molecule has 0 radical (unpaired) electrons. The summed E-state index contributed by atoms with van der Waals surface area (Å²) in [7, 11) is 0. The Morgan fingerprint density at radius 2 is 2.08 bits per heavy atom. The van der Waals surface area contributed by atoms with E-state index >= 15 is 4.39 Å². The highest BCUT2D eigenvalue weighted by atomic mass is 19.1. The van der Waals surface area contributed by atoms with E-state index in [4.69, 9.17) is 5.73 Å². The number of hydrogen-bond donors (Lipinski definition) is 3. The van der Waals surface area contributed by atoms with Crippen LogP contribution >= 0.6 is 0 Å². The topological polar surface area (TPSA) is 139 Å². The van der Waals surface area contributed by atoms with Crippen LogP contribution in [0.2, 0.25) is 0 Å². The zero-order valence-electron chi connectivity index (χ0n) is 21.4. The summed E-state index contributed by atoms with van der Waals surface area (Å²) in [4.78, 5) is 24.2. The van der Waals surface area contributed by atoms with Crippen LogP contribution < -0.4 is 10.6 Å². The molecular formula is C27H31FN8O3. The summed E-state index contributed by atoms with van der Waals surface area (Å²) in [6.07, 6.45) is 7.94. The molecule has 3 aromatic heterocycles. The minimum atomic E-state index is -1.39. The number of likely N-dealkylation sites (tertiary alicyclic amines) is 1. The lowest BCUT2D eigenvalue weighted by molar-refractivity contribution is -0.135. The van der Waals surface area contributed by atoms with Crippen molar-refractivity contribution in [1.29, 1.82) is 0 Å². The molecule has 4 aromatic rings. The number of nitrogens with zero attached hydrogens (tertiary/aromatic N) is 7. The van der Waals surface area contributed by atoms with Crippen molar-refractivity contribution in [3.8, 4) is 5.69 Å². The van der Waals surface area contributed by atoms with Gasteiger partial charge >= 0.3 is 0 Å². The van der Waals surface area contributed by atoms with Crippen LogP contribution in [0.3, 0.4) is 0 Å². The molecular weight excluding hydrogens is 503 g/mol. The van der Waals surface area contributed by atoms with Crippen LogP contribution in [0.5, 0.6) is 0 Å². The second kappa shape index (κ2) is 10.0. The number of β-amino-alcohol motifs (C(OH)–C–C–N with tert-alkyl or cyclic N) is 1. The van der Waals surface area contributed by atoms with E-state index < -0.39 is 17.6 Å². The number of amides is 1. The summed E-state index contributed by atoms with van der Waals surface area (Å²) >= 11 is 0. The van der Waals surface area contributed by atoms with Crippen LogP contribution in [-0.2, 0) is 17.9 Å². The molecule has 6 rings (SSSR count). The Hall–Kier alpha value is -3.87. The van der Waals surface area contributed by atoms with Gasteiger partial charge in [-0.05, 0) is 43.5 Å². The number of aliphatic hydroxyl groups is 2. The Kier molecular flexibility index (Phi) is 6.53. The fourth-order valence-corrected chi connectivity index (χ4v) is 5.39. The predicted octanol–water partition coefficient (Wildman–Crippen LogP) is 1.21. The monoisotopic (exact) mass is 534 g/mol. The number of carbonyl (C=O) groups is 1. The van der Waals surface area contributed by atoms with Crippen LogP contribution in [0.4, 0.5) is 10.2 Å². The molecule has 11 nitrogen and oxygen atoms in total. The smallest absolute Gasteiger partial charge is 0.231 e. The van der Waals surface area contributed by atoms with Crippen LogP contribution in [0, 0.1) is 5.82 Å². The van der Waals surface area contributed by atoms with Crippen LogP contribution in [0.25, 0.3) is 16.7 Å². The molecule has 4 N–H and O–H groups in total. The molecule has 2 fully saturated rings. The fourth-order valence-electron chi connectivity index (χ4n) is 5.39. The number of primary amides is 1. The summed E-state index contributed by atoms with van der Waals surface area (Å²) < 4.78 is 18.6. The summed E-state index contributed by atoms with van der Waals surface area (Å²) in [5, 5.41) is 27.0. The number of hydrogen-bond acceptors (Lipinski definition) is 8. The second-order valence-electron chi connectivity index (χ2n) is 10.5. The summed E-state index contributed by atoms with van der Waals surface area (Å²) in [6, 6.07) is 9.06. The summed E-state index contributed by atoms with van der Waals surface area (Å²) in [6.45, 7) is 1.12. The number of anilines is 1. The van der Waals surface area contributed by atoms with Gasteiger partial charge in [0, 0.05) is 49.8 Å². The van der Waals surface area contributed by atoms with Gasteiger partial charge in [-0.3, -0.25) is 9.69 Å². The molecule has 0 bridgehead atoms. The third-order valence-corrected chi connectivity index (χ3v) is 7.68. The highest BCUT2D eigenvalue weighted by Crippen LogP contribution is 2.36. The molecule has 204 valence electrons. The number of benzene rings is 1. The Morgan fingerprint density at radius 1 is 1.23 bits per heavy atom. The van der Waals surface area contributed by atoms with Gasteiger partial charge in [0.1, 0.15) is 29.2 Å². The molecule has 12 heteroatoms. The number of nitrogens with two attached hydrogens (primary N) is 1. The van der Waals surface area contributed by atoms with Crippen molar-refractivity contribution in [3.63, 3.8) is 0 Å². The van der Waals surface area contributed by atoms with Crippen molar-refractivity contribution in [2.75, 3.05) is 24.5 Å². The molecule has 1 saturated heterocycles. The molecule has 2 aliphatic rings. The lowest BCUT2D eigenvalue weighted by atomic mass is 9.88. The average Bonchev–Trinajstić information content (AvgIpc) is 3.43. The van der Waals surface area contributed by atoms with Gasteiger partial charge in [0.25, 0.3) is 0 Å². The van der Waals surface area contributed by atoms with Crippen LogP contribution in [-0.4, -0.2) is 82.7 Å². The summed E-state index contributed by atoms with van der Waals surface area (Å²) in [5.41, 5.74) is 5.74. The molecule has 1 aromatic carbocycles. The van der Waals surface area contributed by atoms with Gasteiger partial charge in [0.2, 0.25) is 5.91 Å². The Labute approximate surface area is 224 Å². The third kappa shape index (κ3) is 5.10. The van der Waals surface area contributed by atoms with Crippen LogP contribution in [0.1, 0.15) is 24.8 Å². The van der Waals surface area contributed by atoms with E-state index in [1.54, 1.807) is 34.1 Å². The predicted molar refractivity (Wildman–Crippen MR) is 141 cm³/mol. The fraction of sp³-hybridized carbons (Fsp3) is 0.407. The minimum absolute atomic E-state index is 0.0414. The first kappa shape index (κ1) is 25.4. The van der Waals surface area contributed by atoms with E-state index in [0.29, 0.717) is 35.8 Å². The Bertz CT molecular complexity index is 1490. The van der Waals surface area contributed by atoms with Crippen molar-refractivity contribution in [2.45, 2.75) is 50.1 Å². The lowest BCUT2D eigenvalue weighted by Crippen LogP contribution is -2.58. The third-order valence-electron chi connectivity index (χ3n) is 7.68. The quantitative estimate of drug-likeness (QED) is 0.291. The Balaban J connectivity index is 1.25. The zero-order chi connectivity index (χ0) is 27.1. The van der Waals surface area contributed by atoms with Gasteiger partial charge in [-0.25, -0.2) is 19.0 Å². The first-order valence-corrected chi connectivity index (χ1v) is 13.1. The maximum absolute atomic E-state index is 15.2. The van der Waals surface area contributed by atoms with Gasteiger partial charge in [-0.2, -0.15) is 5.10 Å². The van der Waals surface area contributed by atoms with E-state index in [9.17, 15) is 15.0 Å². The van der Waals surface area contributed by atoms with Gasteiger partial charge < -0.3 is 25.4 Å². The maximum Gasteiger partial charge on any atom is 0.231 e. The lowest BCUT2D eigenvalue weighted by Gasteiger charge is -2.42. The number of carbonyl (C=O) groups excluding carboxylic acids is 1. The minimum Gasteiger partial charge on any atom is -0.389 e. The van der Waals surface area contributed by atoms with E-state index in [0.717, 1.165) is 18.2 Å². The second-order valence-corrected chi connectivity index (χ2v) is 10.5. The number of fused-ring (bicyclic) bond motifs is 1. The van der Waals surface area contributed by atoms with Gasteiger partial charge in [0.05, 0.1) is 30.3 Å². The van der Waals surface area contributed by atoms with Crippen molar-refractivity contribution in [2.24, 2.45) is 5.73 Å². The molecule has 1 amide bonds. The van der Waals surface area contributed by atoms with Crippen molar-refractivity contribution >= 4 is 22.8 Å². The van der Waals surface area contributed by atoms with Crippen molar-refractivity contribution < 1.29 is 19.4 Å². The number of halogens is 1. The van der Waals surface area contributed by atoms with Crippen LogP contribution in [0.15, 0.2) is 55.2 Å². The maximum atomic E-state index is 15.2. The van der Waals surface area contributed by atoms with Gasteiger partial charge in [-0.1, -0.05) is 6.07 Å². The number of aliphatic hydroxyl groups excluding tert-OH is 1. The summed E-state index contributed by atoms with van der Waals surface area (Å²) in [5.74, 6) is -0.0711. The molecule has 1 saturated carbocycles. The molecule has 0 spiro atoms. The molecule has 39 heavy (non-hydrogen) atoms. The zero-order valence-corrected chi connectivity index (χ0v) is 21.4. The molecule has 1 aliphatic heterocycles. The van der Waals surface area contributed by atoms with Gasteiger partial charge in [0.15, 0.2) is 0 Å². The largest absolute Gasteiger partial charge is 0.389 e. The van der Waals surface area contributed by atoms with Gasteiger partial charge in [-0.15, -0.1) is 0 Å². The standard InChI is InChI=1S/C27H31FN8O3/c28-22-12-20(36-9-1-8-32-36)3-2-18(22)13-35(19-4-5-19)26-21-6-10-34(25(21)30-17-31-26)16-27(39)7-11-33(14-23(27)37)15-24(29)38/h1-3,6,8-10,12,17,19,23,37,39H,4-5,7,11,13-16H2,(H2,29,38)/t23?,27-/m1/s1. The normalized spacial score (nSPS) is 21.9. The van der Waals surface area contributed by atoms with E-state index in [1.807, 2.05) is 22.9 Å². The van der Waals surface area contributed by atoms with Crippen molar-refractivity contribution in [3.05, 3.63) is 66.6 Å². The average molecular weight is 535 g/mol. The highest BCUT2D eigenvalue weighted by molar-refractivity contribution is 5.88. The van der Waals surface area contributed by atoms with E-state index in [-0.39, 0.29) is 37.9 Å². The SMILES string of the molecule is NC(=O)CN1CC[C@@](O)(Cn2ccc3c(N(Cc4ccc(-n5cccn5)cc4F)C4CC4)ncnc32)C(O)C1. The van der Waals surface area contributed by atoms with E-state index in [1.165, 1.54) is 12.4 Å².